The van der Waals surface area contributed by atoms with Crippen molar-refractivity contribution in [2.75, 3.05) is 32.9 Å². The number of ether oxygens (including phenoxy) is 2. The van der Waals surface area contributed by atoms with Crippen molar-refractivity contribution in [3.8, 4) is 0 Å². The molecule has 0 amide bonds. The summed E-state index contributed by atoms with van der Waals surface area (Å²) in [7, 11) is 0. The Morgan fingerprint density at radius 3 is 2.44 bits per heavy atom. The third kappa shape index (κ3) is 2.33. The first-order valence-electron chi connectivity index (χ1n) is 5.57. The van der Waals surface area contributed by atoms with Gasteiger partial charge in [0.2, 0.25) is 6.30 Å². The summed E-state index contributed by atoms with van der Waals surface area (Å²) in [5.74, 6) is -3.50. The number of rotatable bonds is 3. The van der Waals surface area contributed by atoms with Crippen molar-refractivity contribution in [3.63, 3.8) is 0 Å². The highest BCUT2D eigenvalue weighted by atomic mass is 19.3. The summed E-state index contributed by atoms with van der Waals surface area (Å²) in [5.41, 5.74) is 0. The van der Waals surface area contributed by atoms with Gasteiger partial charge in [0.1, 0.15) is 6.10 Å². The van der Waals surface area contributed by atoms with Gasteiger partial charge >= 0.3 is 5.92 Å². The highest BCUT2D eigenvalue weighted by Crippen LogP contribution is 2.33. The third-order valence-corrected chi connectivity index (χ3v) is 3.02. The molecule has 2 aliphatic heterocycles. The normalized spacial score (nSPS) is 30.6. The van der Waals surface area contributed by atoms with E-state index in [2.05, 4.69) is 0 Å². The van der Waals surface area contributed by atoms with Gasteiger partial charge in [-0.15, -0.1) is 0 Å². The Labute approximate surface area is 92.5 Å². The zero-order valence-electron chi connectivity index (χ0n) is 9.00. The Bertz CT molecular complexity index is 228. The Morgan fingerprint density at radius 1 is 1.19 bits per heavy atom. The minimum atomic E-state index is -3.50. The second-order valence-corrected chi connectivity index (χ2v) is 4.19. The van der Waals surface area contributed by atoms with Gasteiger partial charge in [-0.2, -0.15) is 8.78 Å². The maximum Gasteiger partial charge on any atom is 0.319 e. The Morgan fingerprint density at radius 2 is 1.88 bits per heavy atom. The van der Waals surface area contributed by atoms with Crippen LogP contribution in [0.2, 0.25) is 0 Å². The predicted molar refractivity (Wildman–Crippen MR) is 51.2 cm³/mol. The highest BCUT2D eigenvalue weighted by molar-refractivity contribution is 4.88. The second-order valence-electron chi connectivity index (χ2n) is 4.19. The molecule has 0 aromatic heterocycles. The van der Waals surface area contributed by atoms with Crippen LogP contribution in [0.4, 0.5) is 13.2 Å². The van der Waals surface area contributed by atoms with Crippen molar-refractivity contribution < 1.29 is 22.6 Å². The van der Waals surface area contributed by atoms with Gasteiger partial charge in [-0.3, -0.25) is 4.90 Å². The smallest absolute Gasteiger partial charge is 0.319 e. The predicted octanol–water partition coefficient (Wildman–Crippen LogP) is 1.43. The molecule has 0 aliphatic carbocycles. The average molecular weight is 239 g/mol. The van der Waals surface area contributed by atoms with Crippen LogP contribution in [-0.2, 0) is 9.47 Å². The van der Waals surface area contributed by atoms with Crippen LogP contribution in [0.25, 0.3) is 0 Å². The number of hydrogen-bond donors (Lipinski definition) is 0. The van der Waals surface area contributed by atoms with Gasteiger partial charge in [0.25, 0.3) is 0 Å². The minimum Gasteiger partial charge on any atom is -0.376 e. The van der Waals surface area contributed by atoms with Gasteiger partial charge in [0, 0.05) is 13.1 Å². The van der Waals surface area contributed by atoms with Gasteiger partial charge < -0.3 is 9.47 Å². The van der Waals surface area contributed by atoms with Gasteiger partial charge in [0.15, 0.2) is 0 Å². The van der Waals surface area contributed by atoms with Crippen molar-refractivity contribution in [2.24, 2.45) is 0 Å². The summed E-state index contributed by atoms with van der Waals surface area (Å²) in [6.45, 7) is 0.955. The standard InChI is InChI=1S/C10H16F3NO2/c11-9(14-3-1-2-4-14)10(12,13)8-7-15-5-6-16-8/h8-9H,1-7H2. The van der Waals surface area contributed by atoms with Gasteiger partial charge in [-0.1, -0.05) is 0 Å². The van der Waals surface area contributed by atoms with Gasteiger partial charge in [-0.25, -0.2) is 4.39 Å². The van der Waals surface area contributed by atoms with Crippen LogP contribution in [0.1, 0.15) is 12.8 Å². The lowest BCUT2D eigenvalue weighted by atomic mass is 10.1. The van der Waals surface area contributed by atoms with Crippen LogP contribution in [0.5, 0.6) is 0 Å². The van der Waals surface area contributed by atoms with Crippen LogP contribution >= 0.6 is 0 Å². The molecular weight excluding hydrogens is 223 g/mol. The van der Waals surface area contributed by atoms with Crippen LogP contribution < -0.4 is 0 Å². The van der Waals surface area contributed by atoms with E-state index in [1.807, 2.05) is 0 Å². The molecule has 0 aromatic carbocycles. The van der Waals surface area contributed by atoms with E-state index in [1.165, 1.54) is 4.90 Å². The molecular formula is C10H16F3NO2. The first-order chi connectivity index (χ1) is 7.62. The molecule has 16 heavy (non-hydrogen) atoms. The number of halogens is 3. The fraction of sp³-hybridized carbons (Fsp3) is 1.00. The van der Waals surface area contributed by atoms with E-state index in [0.29, 0.717) is 19.7 Å². The van der Waals surface area contributed by atoms with Gasteiger partial charge in [-0.05, 0) is 12.8 Å². The van der Waals surface area contributed by atoms with Gasteiger partial charge in [0.05, 0.1) is 19.8 Å². The van der Waals surface area contributed by atoms with E-state index >= 15 is 0 Å². The summed E-state index contributed by atoms with van der Waals surface area (Å²) in [6, 6.07) is 0. The van der Waals surface area contributed by atoms with Crippen molar-refractivity contribution in [1.82, 2.24) is 4.90 Å². The van der Waals surface area contributed by atoms with E-state index in [4.69, 9.17) is 9.47 Å². The third-order valence-electron chi connectivity index (χ3n) is 3.02. The molecule has 0 bridgehead atoms. The lowest BCUT2D eigenvalue weighted by Gasteiger charge is -2.35. The van der Waals surface area contributed by atoms with E-state index in [1.54, 1.807) is 0 Å². The first-order valence-corrected chi connectivity index (χ1v) is 5.57. The Kier molecular flexibility index (Phi) is 3.71. The molecule has 6 heteroatoms. The topological polar surface area (TPSA) is 21.7 Å². The molecule has 94 valence electrons. The van der Waals surface area contributed by atoms with Crippen LogP contribution in [0.15, 0.2) is 0 Å². The van der Waals surface area contributed by atoms with Crippen molar-refractivity contribution in [2.45, 2.75) is 31.2 Å². The molecule has 0 spiro atoms. The largest absolute Gasteiger partial charge is 0.376 e. The van der Waals surface area contributed by atoms with Crippen LogP contribution in [0, 0.1) is 0 Å². The zero-order valence-corrected chi connectivity index (χ0v) is 9.00. The summed E-state index contributed by atoms with van der Waals surface area (Å²) in [4.78, 5) is 1.18. The van der Waals surface area contributed by atoms with Crippen molar-refractivity contribution in [3.05, 3.63) is 0 Å². The molecule has 2 fully saturated rings. The summed E-state index contributed by atoms with van der Waals surface area (Å²) < 4.78 is 50.9. The summed E-state index contributed by atoms with van der Waals surface area (Å²) >= 11 is 0. The molecule has 2 heterocycles. The molecule has 0 saturated carbocycles. The van der Waals surface area contributed by atoms with E-state index < -0.39 is 18.3 Å². The maximum absolute atomic E-state index is 13.7. The molecule has 0 N–H and O–H groups in total. The number of nitrogens with zero attached hydrogens (tertiary/aromatic N) is 1. The lowest BCUT2D eigenvalue weighted by Crippen LogP contribution is -2.54. The molecule has 0 aromatic rings. The van der Waals surface area contributed by atoms with E-state index in [0.717, 1.165) is 12.8 Å². The minimum absolute atomic E-state index is 0.104. The fourth-order valence-corrected chi connectivity index (χ4v) is 2.08. The molecule has 2 atom stereocenters. The molecule has 2 aliphatic rings. The number of hydrogen-bond acceptors (Lipinski definition) is 3. The quantitative estimate of drug-likeness (QED) is 0.695. The number of likely N-dealkylation sites (tertiary alicyclic amines) is 1. The molecule has 2 saturated heterocycles. The molecule has 2 unspecified atom stereocenters. The Hall–Kier alpha value is -0.330. The zero-order chi connectivity index (χ0) is 11.6. The van der Waals surface area contributed by atoms with Crippen molar-refractivity contribution in [1.29, 1.82) is 0 Å². The second kappa shape index (κ2) is 4.89. The average Bonchev–Trinajstić information content (AvgIpc) is 2.82. The molecule has 2 rings (SSSR count). The van der Waals surface area contributed by atoms with Crippen LogP contribution in [-0.4, -0.2) is 56.1 Å². The number of alkyl halides is 3. The molecule has 3 nitrogen and oxygen atoms in total. The lowest BCUT2D eigenvalue weighted by molar-refractivity contribution is -0.240. The monoisotopic (exact) mass is 239 g/mol. The highest BCUT2D eigenvalue weighted by Gasteiger charge is 2.52. The first kappa shape index (κ1) is 12.1. The van der Waals surface area contributed by atoms with E-state index in [9.17, 15) is 13.2 Å². The Balaban J connectivity index is 1.98. The van der Waals surface area contributed by atoms with E-state index in [-0.39, 0.29) is 13.2 Å². The van der Waals surface area contributed by atoms with Crippen molar-refractivity contribution >= 4 is 0 Å². The summed E-state index contributed by atoms with van der Waals surface area (Å²) in [5, 5.41) is 0. The fourth-order valence-electron chi connectivity index (χ4n) is 2.08. The maximum atomic E-state index is 13.7. The van der Waals surface area contributed by atoms with Crippen LogP contribution in [0.3, 0.4) is 0 Å². The SMILES string of the molecule is FC(N1CCCC1)C(F)(F)C1COCCO1. The summed E-state index contributed by atoms with van der Waals surface area (Å²) in [6.07, 6.45) is -2.17. The molecule has 0 radical (unpaired) electrons.